The normalized spacial score (nSPS) is 13.3. The average molecular weight is 788 g/mol. The number of imidazole rings is 1. The van der Waals surface area contributed by atoms with E-state index in [4.69, 9.17) is 9.72 Å². The second-order valence-corrected chi connectivity index (χ2v) is 14.2. The summed E-state index contributed by atoms with van der Waals surface area (Å²) in [7, 11) is 0. The molecule has 7 heteroatoms. The van der Waals surface area contributed by atoms with Crippen LogP contribution in [0.3, 0.4) is 0 Å². The van der Waals surface area contributed by atoms with E-state index in [1.165, 1.54) is 21.9 Å². The molecule has 0 bridgehead atoms. The average Bonchev–Trinajstić information content (AvgIpc) is 3.82. The van der Waals surface area contributed by atoms with Crippen LogP contribution < -0.4 is 9.64 Å². The molecule has 4 aromatic heterocycles. The van der Waals surface area contributed by atoms with Gasteiger partial charge in [0.15, 0.2) is 0 Å². The van der Waals surface area contributed by atoms with Crippen LogP contribution in [0.5, 0.6) is 11.5 Å². The maximum absolute atomic E-state index is 6.56. The van der Waals surface area contributed by atoms with Gasteiger partial charge in [-0.2, -0.15) is 6.07 Å². The minimum atomic E-state index is -0.309. The monoisotopic (exact) mass is 787 g/mol. The van der Waals surface area contributed by atoms with E-state index in [9.17, 15) is 0 Å². The zero-order chi connectivity index (χ0) is 35.3. The summed E-state index contributed by atoms with van der Waals surface area (Å²) in [5.74, 6) is 2.06. The standard InChI is InChI=1S/C47H31N5O.Pd/c1-47(2)39-18-11-23-48-46(39)52(44-29-43-37(28-40(44)47)36-17-7-9-20-42(36)51(43)30-12-4-3-5-13-30)31-14-10-15-32(26-31)53-33-21-22-34-35-16-6-8-19-41(35)50-25-24-49-45(50)38(34)27-33;/h3-25,28-29H,1-2H3;/q-2;+2. The summed E-state index contributed by atoms with van der Waals surface area (Å²) >= 11 is 0. The molecule has 0 radical (unpaired) electrons. The van der Waals surface area contributed by atoms with Crippen molar-refractivity contribution >= 4 is 66.3 Å². The quantitative estimate of drug-likeness (QED) is 0.101. The molecule has 10 aromatic rings. The summed E-state index contributed by atoms with van der Waals surface area (Å²) < 4.78 is 11.0. The second kappa shape index (κ2) is 12.1. The number of fused-ring (bicyclic) bond motifs is 11. The Bertz CT molecular complexity index is 3090. The number of hydrogen-bond donors (Lipinski definition) is 0. The fourth-order valence-corrected chi connectivity index (χ4v) is 8.38. The Balaban J connectivity index is 0.00000361. The summed E-state index contributed by atoms with van der Waals surface area (Å²) in [5.41, 5.74) is 9.34. The summed E-state index contributed by atoms with van der Waals surface area (Å²) in [6, 6.07) is 53.9. The Labute approximate surface area is 325 Å². The number of nitrogens with zero attached hydrogens (tertiary/aromatic N) is 5. The van der Waals surface area contributed by atoms with E-state index in [2.05, 4.69) is 154 Å². The molecule has 6 aromatic carbocycles. The molecule has 0 saturated carbocycles. The van der Waals surface area contributed by atoms with Gasteiger partial charge in [-0.1, -0.05) is 97.0 Å². The summed E-state index contributed by atoms with van der Waals surface area (Å²) in [6.45, 7) is 4.59. The third-order valence-electron chi connectivity index (χ3n) is 10.8. The number of para-hydroxylation sites is 3. The first-order valence-electron chi connectivity index (χ1n) is 17.8. The SMILES string of the molecule is CC1(C)c2cc3c4ccccc4n(-c4ccccc4)c3cc2N(c2[c-]c(Oc3[c-]c4c(cc3)c3ccccc3n3ccnc43)ccc2)c2ncccc21.[Pd+2]. The topological polar surface area (TPSA) is 47.6 Å². The molecule has 0 unspecified atom stereocenters. The van der Waals surface area contributed by atoms with Crippen LogP contribution in [0.1, 0.15) is 25.0 Å². The molecule has 0 fully saturated rings. The molecule has 1 aliphatic rings. The first kappa shape index (κ1) is 32.4. The minimum Gasteiger partial charge on any atom is -0.503 e. The Morgan fingerprint density at radius 3 is 2.20 bits per heavy atom. The van der Waals surface area contributed by atoms with Crippen LogP contribution >= 0.6 is 0 Å². The molecule has 0 aliphatic carbocycles. The van der Waals surface area contributed by atoms with E-state index < -0.39 is 0 Å². The zero-order valence-electron chi connectivity index (χ0n) is 29.4. The van der Waals surface area contributed by atoms with Crippen LogP contribution in [0.2, 0.25) is 0 Å². The van der Waals surface area contributed by atoms with Gasteiger partial charge in [-0.25, -0.2) is 4.98 Å². The van der Waals surface area contributed by atoms with Crippen molar-refractivity contribution in [3.8, 4) is 17.2 Å². The van der Waals surface area contributed by atoms with Gasteiger partial charge >= 0.3 is 20.4 Å². The van der Waals surface area contributed by atoms with Crippen LogP contribution in [-0.2, 0) is 25.8 Å². The third kappa shape index (κ3) is 4.69. The van der Waals surface area contributed by atoms with Crippen LogP contribution in [0.4, 0.5) is 17.2 Å². The van der Waals surface area contributed by atoms with Gasteiger partial charge in [0.1, 0.15) is 5.82 Å². The van der Waals surface area contributed by atoms with Crippen molar-refractivity contribution in [2.75, 3.05) is 4.90 Å². The maximum Gasteiger partial charge on any atom is 2.00 e. The minimum absolute atomic E-state index is 0. The van der Waals surface area contributed by atoms with E-state index in [1.807, 2.05) is 42.9 Å². The number of aromatic nitrogens is 4. The van der Waals surface area contributed by atoms with Gasteiger partial charge in [-0.05, 0) is 53.4 Å². The first-order valence-corrected chi connectivity index (χ1v) is 17.8. The van der Waals surface area contributed by atoms with Gasteiger partial charge in [0.25, 0.3) is 0 Å². The van der Waals surface area contributed by atoms with Crippen LogP contribution in [0.25, 0.3) is 54.8 Å². The molecule has 5 heterocycles. The molecule has 260 valence electrons. The van der Waals surface area contributed by atoms with Crippen molar-refractivity contribution in [1.29, 1.82) is 0 Å². The van der Waals surface area contributed by atoms with Gasteiger partial charge in [-0.15, -0.1) is 30.3 Å². The molecular weight excluding hydrogens is 757 g/mol. The van der Waals surface area contributed by atoms with Crippen molar-refractivity contribution in [3.05, 3.63) is 175 Å². The van der Waals surface area contributed by atoms with Crippen LogP contribution in [0.15, 0.2) is 152 Å². The molecule has 6 nitrogen and oxygen atoms in total. The predicted octanol–water partition coefficient (Wildman–Crippen LogP) is 11.6. The molecular formula is C47H31N5OPd. The molecule has 54 heavy (non-hydrogen) atoms. The number of anilines is 3. The zero-order valence-corrected chi connectivity index (χ0v) is 30.9. The second-order valence-electron chi connectivity index (χ2n) is 14.2. The van der Waals surface area contributed by atoms with Gasteiger partial charge in [0.05, 0.1) is 22.4 Å². The Kier molecular flexibility index (Phi) is 7.29. The Morgan fingerprint density at radius 2 is 1.35 bits per heavy atom. The Hall–Kier alpha value is -6.26. The predicted molar refractivity (Wildman–Crippen MR) is 213 cm³/mol. The molecule has 1 aliphatic heterocycles. The number of pyridine rings is 2. The molecule has 0 saturated heterocycles. The van der Waals surface area contributed by atoms with Crippen LogP contribution in [0, 0.1) is 12.1 Å². The van der Waals surface area contributed by atoms with E-state index >= 15 is 0 Å². The van der Waals surface area contributed by atoms with Crippen molar-refractivity contribution in [2.45, 2.75) is 19.3 Å². The third-order valence-corrected chi connectivity index (χ3v) is 10.8. The maximum atomic E-state index is 6.56. The first-order chi connectivity index (χ1) is 26.0. The van der Waals surface area contributed by atoms with Gasteiger partial charge in [0, 0.05) is 63.0 Å². The van der Waals surface area contributed by atoms with Crippen molar-refractivity contribution in [3.63, 3.8) is 0 Å². The number of rotatable bonds is 4. The summed E-state index contributed by atoms with van der Waals surface area (Å²) in [4.78, 5) is 11.9. The van der Waals surface area contributed by atoms with E-state index in [1.54, 1.807) is 0 Å². The van der Waals surface area contributed by atoms with E-state index in [0.717, 1.165) is 61.3 Å². The van der Waals surface area contributed by atoms with Crippen LogP contribution in [-0.4, -0.2) is 18.9 Å². The van der Waals surface area contributed by atoms with E-state index in [0.29, 0.717) is 11.5 Å². The molecule has 0 N–H and O–H groups in total. The molecule has 11 rings (SSSR count). The Morgan fingerprint density at radius 1 is 0.593 bits per heavy atom. The molecule has 0 spiro atoms. The van der Waals surface area contributed by atoms with Crippen molar-refractivity contribution in [2.24, 2.45) is 0 Å². The molecule has 0 amide bonds. The number of ether oxygens (including phenoxy) is 1. The van der Waals surface area contributed by atoms with E-state index in [-0.39, 0.29) is 25.8 Å². The van der Waals surface area contributed by atoms with Gasteiger partial charge in [0.2, 0.25) is 0 Å². The fraction of sp³-hybridized carbons (Fsp3) is 0.0638. The van der Waals surface area contributed by atoms with Crippen molar-refractivity contribution in [1.82, 2.24) is 18.9 Å². The summed E-state index contributed by atoms with van der Waals surface area (Å²) in [6.07, 6.45) is 5.69. The smallest absolute Gasteiger partial charge is 0.503 e. The van der Waals surface area contributed by atoms with Gasteiger partial charge in [-0.3, -0.25) is 4.98 Å². The largest absolute Gasteiger partial charge is 2.00 e. The molecule has 0 atom stereocenters. The number of hydrogen-bond acceptors (Lipinski definition) is 4. The van der Waals surface area contributed by atoms with Crippen molar-refractivity contribution < 1.29 is 25.2 Å². The van der Waals surface area contributed by atoms with Gasteiger partial charge < -0.3 is 18.6 Å². The summed E-state index contributed by atoms with van der Waals surface area (Å²) in [5, 5.41) is 5.57. The number of benzene rings is 6. The fourth-order valence-electron chi connectivity index (χ4n) is 8.38.